The van der Waals surface area contributed by atoms with Gasteiger partial charge in [0, 0.05) is 5.56 Å². The number of ether oxygens (including phenoxy) is 1. The monoisotopic (exact) mass is 478 g/mol. The van der Waals surface area contributed by atoms with E-state index < -0.39 is 58.5 Å². The first-order valence-electron chi connectivity index (χ1n) is 9.56. The Morgan fingerprint density at radius 3 is 1.79 bits per heavy atom. The maximum atomic E-state index is 14.7. The van der Waals surface area contributed by atoms with Gasteiger partial charge in [-0.2, -0.15) is 17.6 Å². The summed E-state index contributed by atoms with van der Waals surface area (Å²) in [6, 6.07) is 6.12. The van der Waals surface area contributed by atoms with Gasteiger partial charge in [-0.1, -0.05) is 25.5 Å². The van der Waals surface area contributed by atoms with Gasteiger partial charge in [-0.15, -0.1) is 0 Å². The first kappa shape index (κ1) is 24.5. The van der Waals surface area contributed by atoms with Crippen LogP contribution in [-0.2, 0) is 6.42 Å². The van der Waals surface area contributed by atoms with Gasteiger partial charge in [0.05, 0.1) is 5.56 Å². The predicted molar refractivity (Wildman–Crippen MR) is 103 cm³/mol. The Morgan fingerprint density at radius 1 is 0.758 bits per heavy atom. The summed E-state index contributed by atoms with van der Waals surface area (Å²) in [5, 5.41) is 0. The fourth-order valence-electron chi connectivity index (χ4n) is 3.22. The highest BCUT2D eigenvalue weighted by molar-refractivity contribution is 5.72. The number of hydrogen-bond donors (Lipinski definition) is 0. The Balaban J connectivity index is 2.02. The summed E-state index contributed by atoms with van der Waals surface area (Å²) >= 11 is 0. The molecule has 0 aliphatic heterocycles. The molecule has 10 heteroatoms. The zero-order valence-corrected chi connectivity index (χ0v) is 16.8. The van der Waals surface area contributed by atoms with Crippen molar-refractivity contribution in [2.75, 3.05) is 0 Å². The van der Waals surface area contributed by atoms with E-state index in [-0.39, 0.29) is 23.3 Å². The van der Waals surface area contributed by atoms with Crippen molar-refractivity contribution >= 4 is 0 Å². The van der Waals surface area contributed by atoms with E-state index in [0.717, 1.165) is 18.6 Å². The molecule has 3 rings (SSSR count). The molecule has 3 aromatic carbocycles. The molecule has 0 radical (unpaired) electrons. The van der Waals surface area contributed by atoms with Crippen molar-refractivity contribution in [1.82, 2.24) is 0 Å². The summed E-state index contributed by atoms with van der Waals surface area (Å²) < 4.78 is 126. The first-order chi connectivity index (χ1) is 15.4. The van der Waals surface area contributed by atoms with Crippen molar-refractivity contribution in [2.45, 2.75) is 32.3 Å². The Bertz CT molecular complexity index is 1130. The molecule has 0 N–H and O–H groups in total. The number of benzene rings is 3. The van der Waals surface area contributed by atoms with E-state index in [1.807, 2.05) is 6.92 Å². The SMILES string of the molecule is CCCc1ccc(-c2cc(F)c(-c3cc(F)c(OC(F)(F)C(F)F)c(F)c3)c(F)c2)c(F)c1. The molecule has 0 fully saturated rings. The minimum atomic E-state index is -5.20. The molecule has 0 unspecified atom stereocenters. The first-order valence-corrected chi connectivity index (χ1v) is 9.56. The van der Waals surface area contributed by atoms with Gasteiger partial charge in [0.1, 0.15) is 17.5 Å². The number of alkyl halides is 4. The van der Waals surface area contributed by atoms with Gasteiger partial charge in [0.25, 0.3) is 0 Å². The summed E-state index contributed by atoms with van der Waals surface area (Å²) in [6.07, 6.45) is -8.22. The zero-order chi connectivity index (χ0) is 24.5. The third kappa shape index (κ3) is 5.09. The molecule has 176 valence electrons. The van der Waals surface area contributed by atoms with Crippen LogP contribution in [0, 0.1) is 29.1 Å². The lowest BCUT2D eigenvalue weighted by atomic mass is 9.97. The van der Waals surface area contributed by atoms with Crippen LogP contribution in [0.2, 0.25) is 0 Å². The van der Waals surface area contributed by atoms with E-state index in [4.69, 9.17) is 0 Å². The highest BCUT2D eigenvalue weighted by atomic mass is 19.3. The second kappa shape index (κ2) is 9.36. The highest BCUT2D eigenvalue weighted by Gasteiger charge is 2.45. The average molecular weight is 478 g/mol. The molecule has 0 aromatic heterocycles. The van der Waals surface area contributed by atoms with Gasteiger partial charge >= 0.3 is 12.5 Å². The van der Waals surface area contributed by atoms with Crippen LogP contribution in [0.5, 0.6) is 5.75 Å². The number of rotatable bonds is 7. The van der Waals surface area contributed by atoms with Crippen LogP contribution in [0.1, 0.15) is 18.9 Å². The van der Waals surface area contributed by atoms with Gasteiger partial charge in [-0.05, 0) is 53.4 Å². The summed E-state index contributed by atoms with van der Waals surface area (Å²) in [4.78, 5) is 0. The largest absolute Gasteiger partial charge is 0.461 e. The van der Waals surface area contributed by atoms with E-state index in [1.54, 1.807) is 6.07 Å². The molecular weight excluding hydrogens is 463 g/mol. The van der Waals surface area contributed by atoms with Gasteiger partial charge in [-0.3, -0.25) is 0 Å². The molecule has 1 nitrogen and oxygen atoms in total. The van der Waals surface area contributed by atoms with Crippen molar-refractivity contribution < 1.29 is 44.3 Å². The van der Waals surface area contributed by atoms with Crippen LogP contribution < -0.4 is 4.74 Å². The van der Waals surface area contributed by atoms with Crippen molar-refractivity contribution in [3.63, 3.8) is 0 Å². The maximum absolute atomic E-state index is 14.7. The van der Waals surface area contributed by atoms with Crippen LogP contribution in [-0.4, -0.2) is 12.5 Å². The summed E-state index contributed by atoms with van der Waals surface area (Å²) in [5.41, 5.74) is -1.31. The number of halogens is 9. The highest BCUT2D eigenvalue weighted by Crippen LogP contribution is 2.37. The molecule has 0 aliphatic carbocycles. The van der Waals surface area contributed by atoms with Crippen LogP contribution in [0.25, 0.3) is 22.3 Å². The Labute approximate surface area is 182 Å². The smallest absolute Gasteiger partial charge is 0.422 e. The van der Waals surface area contributed by atoms with Crippen LogP contribution >= 0.6 is 0 Å². The minimum absolute atomic E-state index is 0.116. The molecule has 0 heterocycles. The van der Waals surface area contributed by atoms with E-state index >= 15 is 0 Å². The maximum Gasteiger partial charge on any atom is 0.461 e. The zero-order valence-electron chi connectivity index (χ0n) is 16.8. The lowest BCUT2D eigenvalue weighted by Gasteiger charge is -2.18. The van der Waals surface area contributed by atoms with E-state index in [0.29, 0.717) is 12.0 Å². The Morgan fingerprint density at radius 2 is 1.30 bits per heavy atom. The normalized spacial score (nSPS) is 11.8. The van der Waals surface area contributed by atoms with Gasteiger partial charge < -0.3 is 4.74 Å². The van der Waals surface area contributed by atoms with Gasteiger partial charge in [-0.25, -0.2) is 22.0 Å². The predicted octanol–water partition coefficient (Wildman–Crippen LogP) is 7.91. The van der Waals surface area contributed by atoms with Gasteiger partial charge in [0.2, 0.25) is 0 Å². The Kier molecular flexibility index (Phi) is 6.94. The molecule has 0 aliphatic rings. The van der Waals surface area contributed by atoms with Crippen molar-refractivity contribution in [2.24, 2.45) is 0 Å². The molecule has 0 bridgehead atoms. The van der Waals surface area contributed by atoms with Crippen LogP contribution in [0.3, 0.4) is 0 Å². The third-order valence-corrected chi connectivity index (χ3v) is 4.70. The fourth-order valence-corrected chi connectivity index (χ4v) is 3.22. The van der Waals surface area contributed by atoms with Crippen LogP contribution in [0.15, 0.2) is 42.5 Å². The van der Waals surface area contributed by atoms with Crippen molar-refractivity contribution in [3.8, 4) is 28.0 Å². The summed E-state index contributed by atoms with van der Waals surface area (Å²) in [6.45, 7) is 1.89. The molecule has 0 saturated heterocycles. The van der Waals surface area contributed by atoms with E-state index in [1.165, 1.54) is 12.1 Å². The second-order valence-electron chi connectivity index (χ2n) is 7.11. The lowest BCUT2D eigenvalue weighted by molar-refractivity contribution is -0.255. The summed E-state index contributed by atoms with van der Waals surface area (Å²) in [5.74, 6) is -8.99. The molecule has 0 saturated carbocycles. The third-order valence-electron chi connectivity index (χ3n) is 4.70. The average Bonchev–Trinajstić information content (AvgIpc) is 2.70. The van der Waals surface area contributed by atoms with Crippen LogP contribution in [0.4, 0.5) is 39.5 Å². The quantitative estimate of drug-likeness (QED) is 0.314. The number of hydrogen-bond acceptors (Lipinski definition) is 1. The molecule has 0 atom stereocenters. The van der Waals surface area contributed by atoms with E-state index in [2.05, 4.69) is 4.74 Å². The lowest BCUT2D eigenvalue weighted by Crippen LogP contribution is -2.34. The summed E-state index contributed by atoms with van der Waals surface area (Å²) in [7, 11) is 0. The van der Waals surface area contributed by atoms with Crippen molar-refractivity contribution in [3.05, 3.63) is 77.1 Å². The molecule has 3 aromatic rings. The number of aryl methyl sites for hydroxylation is 1. The molecule has 0 amide bonds. The standard InChI is InChI=1S/C23H15F9O/c1-2-3-11-4-5-14(15(24)6-11)12-7-16(25)20(17(26)8-12)13-9-18(27)21(19(28)10-13)33-23(31,32)22(29)30/h4-10,22H,2-3H2,1H3. The van der Waals surface area contributed by atoms with Gasteiger partial charge in [0.15, 0.2) is 17.4 Å². The topological polar surface area (TPSA) is 9.23 Å². The fraction of sp³-hybridized carbons (Fsp3) is 0.217. The van der Waals surface area contributed by atoms with Crippen molar-refractivity contribution in [1.29, 1.82) is 0 Å². The molecule has 33 heavy (non-hydrogen) atoms. The molecular formula is C23H15F9O. The Hall–Kier alpha value is -3.17. The second-order valence-corrected chi connectivity index (χ2v) is 7.11. The minimum Gasteiger partial charge on any atom is -0.422 e. The molecule has 0 spiro atoms. The van der Waals surface area contributed by atoms with E-state index in [9.17, 15) is 39.5 Å².